The summed E-state index contributed by atoms with van der Waals surface area (Å²) in [6, 6.07) is 0. The summed E-state index contributed by atoms with van der Waals surface area (Å²) in [6.45, 7) is 6.43. The number of rotatable bonds is 2. The molecule has 2 rings (SSSR count). The molecule has 0 aromatic heterocycles. The van der Waals surface area contributed by atoms with E-state index in [0.29, 0.717) is 0 Å². The maximum atomic E-state index is 2.69. The van der Waals surface area contributed by atoms with Crippen molar-refractivity contribution >= 4 is 0 Å². The molecule has 1 spiro atoms. The van der Waals surface area contributed by atoms with Crippen molar-refractivity contribution in [2.45, 2.75) is 51.9 Å². The quantitative estimate of drug-likeness (QED) is 0.633. The number of hydrogen-bond acceptors (Lipinski definition) is 1. The zero-order chi connectivity index (χ0) is 9.15. The highest BCUT2D eigenvalue weighted by Crippen LogP contribution is 2.43. The van der Waals surface area contributed by atoms with Gasteiger partial charge in [0.1, 0.15) is 0 Å². The largest absolute Gasteiger partial charge is 0.303 e. The first-order valence-electron chi connectivity index (χ1n) is 6.07. The molecule has 0 N–H and O–H groups in total. The van der Waals surface area contributed by atoms with Crippen LogP contribution in [0.4, 0.5) is 0 Å². The Morgan fingerprint density at radius 2 is 1.85 bits per heavy atom. The van der Waals surface area contributed by atoms with Gasteiger partial charge in [-0.1, -0.05) is 26.2 Å². The van der Waals surface area contributed by atoms with Gasteiger partial charge >= 0.3 is 0 Å². The van der Waals surface area contributed by atoms with E-state index in [1.807, 2.05) is 0 Å². The zero-order valence-electron chi connectivity index (χ0n) is 9.02. The van der Waals surface area contributed by atoms with Gasteiger partial charge in [0, 0.05) is 6.54 Å². The molecule has 1 aliphatic carbocycles. The molecule has 1 heteroatoms. The molecule has 2 fully saturated rings. The predicted molar refractivity (Wildman–Crippen MR) is 56.9 cm³/mol. The van der Waals surface area contributed by atoms with Crippen LogP contribution in [0.5, 0.6) is 0 Å². The van der Waals surface area contributed by atoms with E-state index in [1.165, 1.54) is 64.6 Å². The van der Waals surface area contributed by atoms with Crippen LogP contribution in [-0.4, -0.2) is 24.5 Å². The van der Waals surface area contributed by atoms with Gasteiger partial charge in [-0.2, -0.15) is 0 Å². The van der Waals surface area contributed by atoms with Gasteiger partial charge < -0.3 is 4.90 Å². The van der Waals surface area contributed by atoms with Gasteiger partial charge in [0.15, 0.2) is 0 Å². The minimum absolute atomic E-state index is 0.771. The molecule has 76 valence electrons. The smallest absolute Gasteiger partial charge is 0.00384 e. The minimum Gasteiger partial charge on any atom is -0.303 e. The van der Waals surface area contributed by atoms with Crippen LogP contribution in [0.3, 0.4) is 0 Å². The van der Waals surface area contributed by atoms with Crippen LogP contribution in [0.15, 0.2) is 0 Å². The lowest BCUT2D eigenvalue weighted by molar-refractivity contribution is 0.186. The fourth-order valence-corrected chi connectivity index (χ4v) is 3.24. The summed E-state index contributed by atoms with van der Waals surface area (Å²) < 4.78 is 0. The second kappa shape index (κ2) is 4.00. The van der Waals surface area contributed by atoms with Crippen molar-refractivity contribution in [2.75, 3.05) is 19.6 Å². The molecule has 0 bridgehead atoms. The second-order valence-corrected chi connectivity index (χ2v) is 5.09. The van der Waals surface area contributed by atoms with Crippen molar-refractivity contribution in [1.29, 1.82) is 0 Å². The van der Waals surface area contributed by atoms with Gasteiger partial charge in [-0.25, -0.2) is 0 Å². The third-order valence-electron chi connectivity index (χ3n) is 3.97. The Morgan fingerprint density at radius 3 is 2.54 bits per heavy atom. The SMILES string of the molecule is CCCN1CCC2(CCCCC2)C1. The van der Waals surface area contributed by atoms with Gasteiger partial charge in [0.25, 0.3) is 0 Å². The first-order valence-corrected chi connectivity index (χ1v) is 6.07. The highest BCUT2D eigenvalue weighted by atomic mass is 15.2. The number of hydrogen-bond donors (Lipinski definition) is 0. The summed E-state index contributed by atoms with van der Waals surface area (Å²) in [5.74, 6) is 0. The molecular formula is C12H23N. The third-order valence-corrected chi connectivity index (χ3v) is 3.97. The van der Waals surface area contributed by atoms with Crippen LogP contribution in [0, 0.1) is 5.41 Å². The normalized spacial score (nSPS) is 28.4. The summed E-state index contributed by atoms with van der Waals surface area (Å²) in [5.41, 5.74) is 0.771. The molecule has 1 heterocycles. The third kappa shape index (κ3) is 2.07. The lowest BCUT2D eigenvalue weighted by atomic mass is 9.73. The van der Waals surface area contributed by atoms with Gasteiger partial charge in [-0.15, -0.1) is 0 Å². The molecule has 0 unspecified atom stereocenters. The van der Waals surface area contributed by atoms with E-state index in [0.717, 1.165) is 5.41 Å². The monoisotopic (exact) mass is 181 g/mol. The van der Waals surface area contributed by atoms with E-state index < -0.39 is 0 Å². The molecular weight excluding hydrogens is 158 g/mol. The molecule has 0 aromatic carbocycles. The Balaban J connectivity index is 1.87. The van der Waals surface area contributed by atoms with Gasteiger partial charge in [0.2, 0.25) is 0 Å². The Morgan fingerprint density at radius 1 is 1.08 bits per heavy atom. The maximum absolute atomic E-state index is 2.69. The molecule has 0 aromatic rings. The first-order chi connectivity index (χ1) is 6.35. The van der Waals surface area contributed by atoms with E-state index in [-0.39, 0.29) is 0 Å². The Labute approximate surface area is 82.5 Å². The van der Waals surface area contributed by atoms with Gasteiger partial charge in [-0.05, 0) is 44.2 Å². The highest BCUT2D eigenvalue weighted by Gasteiger charge is 2.37. The summed E-state index contributed by atoms with van der Waals surface area (Å²) >= 11 is 0. The van der Waals surface area contributed by atoms with E-state index in [1.54, 1.807) is 0 Å². The first kappa shape index (κ1) is 9.51. The van der Waals surface area contributed by atoms with E-state index in [2.05, 4.69) is 11.8 Å². The average Bonchev–Trinajstić information content (AvgIpc) is 2.51. The van der Waals surface area contributed by atoms with Crippen molar-refractivity contribution < 1.29 is 0 Å². The minimum atomic E-state index is 0.771. The Hall–Kier alpha value is -0.0400. The average molecular weight is 181 g/mol. The van der Waals surface area contributed by atoms with Crippen molar-refractivity contribution in [1.82, 2.24) is 4.90 Å². The fourth-order valence-electron chi connectivity index (χ4n) is 3.24. The van der Waals surface area contributed by atoms with E-state index >= 15 is 0 Å². The Kier molecular flexibility index (Phi) is 2.92. The standard InChI is InChI=1S/C12H23N/c1-2-9-13-10-8-12(11-13)6-4-3-5-7-12/h2-11H2,1H3. The van der Waals surface area contributed by atoms with Crippen molar-refractivity contribution in [3.63, 3.8) is 0 Å². The lowest BCUT2D eigenvalue weighted by Crippen LogP contribution is -2.29. The topological polar surface area (TPSA) is 3.24 Å². The summed E-state index contributed by atoms with van der Waals surface area (Å²) in [6.07, 6.45) is 10.4. The van der Waals surface area contributed by atoms with Crippen LogP contribution < -0.4 is 0 Å². The molecule has 2 aliphatic rings. The molecule has 1 aliphatic heterocycles. The summed E-state index contributed by atoms with van der Waals surface area (Å²) in [7, 11) is 0. The zero-order valence-corrected chi connectivity index (χ0v) is 9.02. The molecule has 1 nitrogen and oxygen atoms in total. The molecule has 1 saturated carbocycles. The number of likely N-dealkylation sites (tertiary alicyclic amines) is 1. The lowest BCUT2D eigenvalue weighted by Gasteiger charge is -2.33. The molecule has 1 saturated heterocycles. The maximum Gasteiger partial charge on any atom is 0.00384 e. The van der Waals surface area contributed by atoms with Crippen molar-refractivity contribution in [2.24, 2.45) is 5.41 Å². The molecule has 0 radical (unpaired) electrons. The molecule has 13 heavy (non-hydrogen) atoms. The summed E-state index contributed by atoms with van der Waals surface area (Å²) in [5, 5.41) is 0. The summed E-state index contributed by atoms with van der Waals surface area (Å²) in [4.78, 5) is 2.69. The van der Waals surface area contributed by atoms with Crippen LogP contribution in [0.1, 0.15) is 51.9 Å². The molecule has 0 amide bonds. The Bertz CT molecular complexity index is 159. The van der Waals surface area contributed by atoms with Crippen molar-refractivity contribution in [3.05, 3.63) is 0 Å². The predicted octanol–water partition coefficient (Wildman–Crippen LogP) is 3.05. The van der Waals surface area contributed by atoms with Crippen LogP contribution in [0.25, 0.3) is 0 Å². The van der Waals surface area contributed by atoms with Crippen LogP contribution >= 0.6 is 0 Å². The van der Waals surface area contributed by atoms with Gasteiger partial charge in [0.05, 0.1) is 0 Å². The molecule has 0 atom stereocenters. The van der Waals surface area contributed by atoms with Gasteiger partial charge in [-0.3, -0.25) is 0 Å². The highest BCUT2D eigenvalue weighted by molar-refractivity contribution is 4.91. The second-order valence-electron chi connectivity index (χ2n) is 5.09. The van der Waals surface area contributed by atoms with Crippen LogP contribution in [-0.2, 0) is 0 Å². The van der Waals surface area contributed by atoms with E-state index in [9.17, 15) is 0 Å². The van der Waals surface area contributed by atoms with Crippen molar-refractivity contribution in [3.8, 4) is 0 Å². The van der Waals surface area contributed by atoms with Crippen LogP contribution in [0.2, 0.25) is 0 Å². The number of nitrogens with zero attached hydrogens (tertiary/aromatic N) is 1. The fraction of sp³-hybridized carbons (Fsp3) is 1.00. The van der Waals surface area contributed by atoms with E-state index in [4.69, 9.17) is 0 Å².